The number of carbonyl (C=O) groups excluding carboxylic acids is 2. The lowest BCUT2D eigenvalue weighted by Gasteiger charge is -2.29. The zero-order chi connectivity index (χ0) is 13.9. The van der Waals surface area contributed by atoms with Crippen molar-refractivity contribution in [2.75, 3.05) is 7.11 Å². The summed E-state index contributed by atoms with van der Waals surface area (Å²) in [4.78, 5) is 22.0. The van der Waals surface area contributed by atoms with Crippen LogP contribution in [0.25, 0.3) is 0 Å². The number of halogens is 3. The third kappa shape index (κ3) is 3.76. The van der Waals surface area contributed by atoms with E-state index in [1.165, 1.54) is 13.8 Å². The zero-order valence-electron chi connectivity index (χ0n) is 9.63. The van der Waals surface area contributed by atoms with Gasteiger partial charge < -0.3 is 9.47 Å². The molecular formula is C10H13F3O4. The van der Waals surface area contributed by atoms with Gasteiger partial charge in [0.25, 0.3) is 0 Å². The molecule has 0 aliphatic heterocycles. The summed E-state index contributed by atoms with van der Waals surface area (Å²) in [5, 5.41) is 0. The lowest BCUT2D eigenvalue weighted by Crippen LogP contribution is -2.42. The van der Waals surface area contributed by atoms with E-state index >= 15 is 0 Å². The normalized spacial score (nSPS) is 13.8. The Morgan fingerprint density at radius 3 is 2.00 bits per heavy atom. The molecule has 98 valence electrons. The second kappa shape index (κ2) is 5.20. The summed E-state index contributed by atoms with van der Waals surface area (Å²) in [5.74, 6) is -3.18. The number of methoxy groups -OCH3 is 1. The van der Waals surface area contributed by atoms with Gasteiger partial charge in [0, 0.05) is 0 Å². The summed E-state index contributed by atoms with van der Waals surface area (Å²) in [5.41, 5.74) is -1.45. The maximum absolute atomic E-state index is 12.0. The molecule has 0 amide bonds. The van der Waals surface area contributed by atoms with Gasteiger partial charge in [-0.2, -0.15) is 13.2 Å². The highest BCUT2D eigenvalue weighted by molar-refractivity contribution is 5.79. The number of ether oxygens (including phenoxy) is 2. The van der Waals surface area contributed by atoms with Crippen LogP contribution in [-0.4, -0.2) is 31.3 Å². The standard InChI is InChI=1S/C10H13F3O4/c1-5-6(9(2,3)7(14)16-4)17-8(15)10(11,12)13/h5-6H,1H2,2-4H3. The predicted octanol–water partition coefficient (Wildman–Crippen LogP) is 1.85. The molecule has 0 aliphatic rings. The largest absolute Gasteiger partial charge is 0.490 e. The zero-order valence-corrected chi connectivity index (χ0v) is 9.63. The molecule has 4 nitrogen and oxygen atoms in total. The molecule has 0 saturated carbocycles. The minimum absolute atomic E-state index is 0.808. The van der Waals surface area contributed by atoms with Gasteiger partial charge in [0.2, 0.25) is 0 Å². The van der Waals surface area contributed by atoms with Gasteiger partial charge in [-0.1, -0.05) is 12.7 Å². The van der Waals surface area contributed by atoms with Gasteiger partial charge in [-0.3, -0.25) is 4.79 Å². The molecule has 1 unspecified atom stereocenters. The predicted molar refractivity (Wildman–Crippen MR) is 51.9 cm³/mol. The van der Waals surface area contributed by atoms with Crippen molar-refractivity contribution in [3.63, 3.8) is 0 Å². The first kappa shape index (κ1) is 15.5. The number of rotatable bonds is 4. The van der Waals surface area contributed by atoms with Crippen molar-refractivity contribution in [3.05, 3.63) is 12.7 Å². The van der Waals surface area contributed by atoms with E-state index < -0.39 is 29.6 Å². The molecule has 0 bridgehead atoms. The Morgan fingerprint density at radius 1 is 1.24 bits per heavy atom. The maximum Gasteiger partial charge on any atom is 0.490 e. The van der Waals surface area contributed by atoms with Crippen LogP contribution in [0.1, 0.15) is 13.8 Å². The lowest BCUT2D eigenvalue weighted by atomic mass is 9.86. The SMILES string of the molecule is C=CC(OC(=O)C(F)(F)F)C(C)(C)C(=O)OC. The van der Waals surface area contributed by atoms with E-state index in [9.17, 15) is 22.8 Å². The van der Waals surface area contributed by atoms with Crippen LogP contribution in [-0.2, 0) is 19.1 Å². The lowest BCUT2D eigenvalue weighted by molar-refractivity contribution is -0.208. The van der Waals surface area contributed by atoms with Gasteiger partial charge in [-0.15, -0.1) is 0 Å². The van der Waals surface area contributed by atoms with Gasteiger partial charge >= 0.3 is 18.1 Å². The van der Waals surface area contributed by atoms with Crippen molar-refractivity contribution >= 4 is 11.9 Å². The third-order valence-corrected chi connectivity index (χ3v) is 2.10. The average molecular weight is 254 g/mol. The summed E-state index contributed by atoms with van der Waals surface area (Å²) in [7, 11) is 1.08. The molecule has 0 radical (unpaired) electrons. The number of hydrogen-bond donors (Lipinski definition) is 0. The van der Waals surface area contributed by atoms with Crippen LogP contribution in [0.5, 0.6) is 0 Å². The van der Waals surface area contributed by atoms with Crippen molar-refractivity contribution in [2.24, 2.45) is 5.41 Å². The molecule has 0 rings (SSSR count). The summed E-state index contributed by atoms with van der Waals surface area (Å²) in [6.07, 6.45) is -5.60. The van der Waals surface area contributed by atoms with E-state index in [0.717, 1.165) is 13.2 Å². The van der Waals surface area contributed by atoms with Crippen LogP contribution in [0.4, 0.5) is 13.2 Å². The van der Waals surface area contributed by atoms with Crippen LogP contribution in [0.3, 0.4) is 0 Å². The molecule has 0 heterocycles. The first-order chi connectivity index (χ1) is 7.57. The first-order valence-electron chi connectivity index (χ1n) is 4.56. The molecule has 0 aromatic rings. The van der Waals surface area contributed by atoms with Crippen molar-refractivity contribution in [3.8, 4) is 0 Å². The fourth-order valence-electron chi connectivity index (χ4n) is 1.05. The number of hydrogen-bond acceptors (Lipinski definition) is 4. The van der Waals surface area contributed by atoms with E-state index in [-0.39, 0.29) is 0 Å². The van der Waals surface area contributed by atoms with E-state index in [1.807, 2.05) is 0 Å². The Morgan fingerprint density at radius 2 is 1.71 bits per heavy atom. The first-order valence-corrected chi connectivity index (χ1v) is 4.56. The second-order valence-corrected chi connectivity index (χ2v) is 3.77. The van der Waals surface area contributed by atoms with Crippen LogP contribution in [0.2, 0.25) is 0 Å². The molecular weight excluding hydrogens is 241 g/mol. The van der Waals surface area contributed by atoms with Gasteiger partial charge in [0.05, 0.1) is 7.11 Å². The average Bonchev–Trinajstić information content (AvgIpc) is 2.22. The van der Waals surface area contributed by atoms with Crippen LogP contribution in [0.15, 0.2) is 12.7 Å². The molecule has 17 heavy (non-hydrogen) atoms. The smallest absolute Gasteiger partial charge is 0.468 e. The molecule has 0 spiro atoms. The number of carbonyl (C=O) groups is 2. The Labute approximate surface area is 96.4 Å². The fourth-order valence-corrected chi connectivity index (χ4v) is 1.05. The Hall–Kier alpha value is -1.53. The summed E-state index contributed by atoms with van der Waals surface area (Å²) >= 11 is 0. The molecule has 0 aromatic heterocycles. The Bertz CT molecular complexity index is 320. The van der Waals surface area contributed by atoms with Crippen LogP contribution >= 0.6 is 0 Å². The quantitative estimate of drug-likeness (QED) is 0.567. The van der Waals surface area contributed by atoms with Crippen molar-refractivity contribution in [1.82, 2.24) is 0 Å². The molecule has 0 saturated heterocycles. The summed E-state index contributed by atoms with van der Waals surface area (Å²) in [6, 6.07) is 0. The highest BCUT2D eigenvalue weighted by Crippen LogP contribution is 2.28. The van der Waals surface area contributed by atoms with Gasteiger partial charge in [0.1, 0.15) is 11.5 Å². The highest BCUT2D eigenvalue weighted by atomic mass is 19.4. The molecule has 0 aliphatic carbocycles. The van der Waals surface area contributed by atoms with Gasteiger partial charge in [-0.25, -0.2) is 4.79 Å². The molecule has 1 atom stereocenters. The van der Waals surface area contributed by atoms with E-state index in [1.54, 1.807) is 0 Å². The van der Waals surface area contributed by atoms with Crippen molar-refractivity contribution in [1.29, 1.82) is 0 Å². The Kier molecular flexibility index (Phi) is 4.73. The molecule has 0 N–H and O–H groups in total. The monoisotopic (exact) mass is 254 g/mol. The topological polar surface area (TPSA) is 52.6 Å². The molecule has 0 aromatic carbocycles. The second-order valence-electron chi connectivity index (χ2n) is 3.77. The van der Waals surface area contributed by atoms with Crippen LogP contribution in [0, 0.1) is 5.41 Å². The number of alkyl halides is 3. The summed E-state index contributed by atoms with van der Waals surface area (Å²) in [6.45, 7) is 5.80. The molecule has 0 fully saturated rings. The summed E-state index contributed by atoms with van der Waals surface area (Å²) < 4.78 is 44.6. The fraction of sp³-hybridized carbons (Fsp3) is 0.600. The van der Waals surface area contributed by atoms with E-state index in [2.05, 4.69) is 16.1 Å². The third-order valence-electron chi connectivity index (χ3n) is 2.10. The minimum atomic E-state index is -5.12. The van der Waals surface area contributed by atoms with Gasteiger partial charge in [0.15, 0.2) is 0 Å². The van der Waals surface area contributed by atoms with Crippen molar-refractivity contribution < 1.29 is 32.2 Å². The Balaban J connectivity index is 4.93. The molecule has 7 heteroatoms. The van der Waals surface area contributed by atoms with E-state index in [4.69, 9.17) is 0 Å². The minimum Gasteiger partial charge on any atom is -0.468 e. The highest BCUT2D eigenvalue weighted by Gasteiger charge is 2.46. The van der Waals surface area contributed by atoms with E-state index in [0.29, 0.717) is 0 Å². The van der Waals surface area contributed by atoms with Crippen molar-refractivity contribution in [2.45, 2.75) is 26.1 Å². The van der Waals surface area contributed by atoms with Gasteiger partial charge in [-0.05, 0) is 13.8 Å². The maximum atomic E-state index is 12.0. The van der Waals surface area contributed by atoms with Crippen LogP contribution < -0.4 is 0 Å². The number of esters is 2.